The van der Waals surface area contributed by atoms with Gasteiger partial charge in [-0.3, -0.25) is 14.4 Å². The molecule has 3 aromatic rings. The molecule has 37 heavy (non-hydrogen) atoms. The number of anilines is 1. The highest BCUT2D eigenvalue weighted by atomic mass is 16.5. The molecule has 12 nitrogen and oxygen atoms in total. The van der Waals surface area contributed by atoms with Crippen LogP contribution in [0.2, 0.25) is 0 Å². The first-order valence-electron chi connectivity index (χ1n) is 11.0. The summed E-state index contributed by atoms with van der Waals surface area (Å²) < 4.78 is 27.2. The number of carbonyl (C=O) groups is 3. The minimum atomic E-state index is -1.10. The number of benzene rings is 2. The van der Waals surface area contributed by atoms with E-state index >= 15 is 0 Å². The maximum absolute atomic E-state index is 12.4. The van der Waals surface area contributed by atoms with Crippen LogP contribution in [0.25, 0.3) is 22.5 Å². The fourth-order valence-electron chi connectivity index (χ4n) is 3.52. The van der Waals surface area contributed by atoms with Crippen LogP contribution < -0.4 is 29.6 Å². The first kappa shape index (κ1) is 26.9. The Kier molecular flexibility index (Phi) is 8.92. The van der Waals surface area contributed by atoms with Crippen molar-refractivity contribution in [3.8, 4) is 45.4 Å². The van der Waals surface area contributed by atoms with Gasteiger partial charge in [0.15, 0.2) is 17.3 Å². The van der Waals surface area contributed by atoms with E-state index in [0.717, 1.165) is 0 Å². The van der Waals surface area contributed by atoms with E-state index in [1.165, 1.54) is 34.6 Å². The van der Waals surface area contributed by atoms with Crippen LogP contribution in [-0.4, -0.2) is 63.0 Å². The number of nitrogens with one attached hydrogen (secondary N) is 2. The summed E-state index contributed by atoms with van der Waals surface area (Å²) >= 11 is 0. The van der Waals surface area contributed by atoms with Crippen molar-refractivity contribution in [2.24, 2.45) is 0 Å². The molecular formula is C25H27N3O9. The summed E-state index contributed by atoms with van der Waals surface area (Å²) in [5.41, 5.74) is 2.25. The van der Waals surface area contributed by atoms with Crippen LogP contribution in [-0.2, 0) is 14.4 Å². The van der Waals surface area contributed by atoms with Gasteiger partial charge in [0.05, 0.1) is 53.3 Å². The Morgan fingerprint density at radius 2 is 1.54 bits per heavy atom. The van der Waals surface area contributed by atoms with Gasteiger partial charge >= 0.3 is 5.97 Å². The smallest absolute Gasteiger partial charge is 0.303 e. The zero-order chi connectivity index (χ0) is 26.9. The van der Waals surface area contributed by atoms with Crippen LogP contribution in [0, 0.1) is 0 Å². The minimum absolute atomic E-state index is 0.224. The van der Waals surface area contributed by atoms with Crippen molar-refractivity contribution in [2.75, 3.05) is 40.3 Å². The van der Waals surface area contributed by atoms with E-state index in [1.54, 1.807) is 30.3 Å². The second-order valence-electron chi connectivity index (χ2n) is 7.62. The average Bonchev–Trinajstić information content (AvgIpc) is 3.39. The molecule has 2 amide bonds. The Balaban J connectivity index is 1.87. The van der Waals surface area contributed by atoms with Gasteiger partial charge in [0.1, 0.15) is 5.75 Å². The molecule has 196 valence electrons. The zero-order valence-electron chi connectivity index (χ0n) is 20.7. The third-order valence-corrected chi connectivity index (χ3v) is 5.29. The molecule has 12 heteroatoms. The molecule has 0 unspecified atom stereocenters. The number of carbonyl (C=O) groups excluding carboxylic acids is 2. The molecule has 0 aliphatic rings. The number of rotatable bonds is 12. The molecule has 1 aromatic heterocycles. The van der Waals surface area contributed by atoms with Crippen molar-refractivity contribution in [2.45, 2.75) is 12.8 Å². The van der Waals surface area contributed by atoms with Gasteiger partial charge in [-0.2, -0.15) is 0 Å². The highest BCUT2D eigenvalue weighted by Gasteiger charge is 2.20. The molecule has 0 saturated heterocycles. The maximum atomic E-state index is 12.4. The van der Waals surface area contributed by atoms with Crippen LogP contribution in [0.1, 0.15) is 12.8 Å². The number of hydrogen-bond donors (Lipinski definition) is 3. The highest BCUT2D eigenvalue weighted by molar-refractivity contribution is 5.97. The number of hydrogen-bond acceptors (Lipinski definition) is 9. The number of nitrogens with zero attached hydrogens (tertiary/aromatic N) is 1. The number of aliphatic carboxylic acids is 1. The van der Waals surface area contributed by atoms with Gasteiger partial charge in [-0.25, -0.2) is 0 Å². The predicted molar refractivity (Wildman–Crippen MR) is 132 cm³/mol. The predicted octanol–water partition coefficient (Wildman–Crippen LogP) is 2.96. The average molecular weight is 514 g/mol. The van der Waals surface area contributed by atoms with Gasteiger partial charge in [-0.05, 0) is 29.8 Å². The first-order chi connectivity index (χ1) is 17.8. The summed E-state index contributed by atoms with van der Waals surface area (Å²) in [6.45, 7) is -0.338. The summed E-state index contributed by atoms with van der Waals surface area (Å²) in [6, 6.07) is 8.57. The van der Waals surface area contributed by atoms with Gasteiger partial charge in [-0.1, -0.05) is 11.2 Å². The van der Waals surface area contributed by atoms with E-state index in [2.05, 4.69) is 15.8 Å². The summed E-state index contributed by atoms with van der Waals surface area (Å²) in [5, 5.41) is 17.7. The van der Waals surface area contributed by atoms with Crippen LogP contribution in [0.5, 0.6) is 23.0 Å². The third kappa shape index (κ3) is 6.48. The summed E-state index contributed by atoms with van der Waals surface area (Å²) in [7, 11) is 5.98. The lowest BCUT2D eigenvalue weighted by Crippen LogP contribution is -2.33. The van der Waals surface area contributed by atoms with E-state index in [1.807, 2.05) is 0 Å². The minimum Gasteiger partial charge on any atom is -0.495 e. The molecule has 1 heterocycles. The molecule has 0 spiro atoms. The quantitative estimate of drug-likeness (QED) is 0.329. The Hall–Kier alpha value is -4.74. The SMILES string of the molecule is COc1ccc(-c2cnoc2-c2cc(OC)c(OC)c(OC)c2)cc1NC(=O)CNC(=O)CCC(=O)O. The molecule has 0 bridgehead atoms. The molecule has 0 radical (unpaired) electrons. The van der Waals surface area contributed by atoms with E-state index in [-0.39, 0.29) is 19.4 Å². The summed E-state index contributed by atoms with van der Waals surface area (Å²) in [5.74, 6) is -0.0424. The Morgan fingerprint density at radius 3 is 2.14 bits per heavy atom. The van der Waals surface area contributed by atoms with Gasteiger partial charge < -0.3 is 39.2 Å². The molecule has 0 aliphatic heterocycles. The Labute approximate surface area is 212 Å². The molecule has 0 atom stereocenters. The lowest BCUT2D eigenvalue weighted by atomic mass is 10.0. The second-order valence-corrected chi connectivity index (χ2v) is 7.62. The number of amides is 2. The van der Waals surface area contributed by atoms with Gasteiger partial charge in [-0.15, -0.1) is 0 Å². The first-order valence-corrected chi connectivity index (χ1v) is 11.0. The van der Waals surface area contributed by atoms with Crippen LogP contribution in [0.3, 0.4) is 0 Å². The molecule has 0 fully saturated rings. The van der Waals surface area contributed by atoms with Gasteiger partial charge in [0.25, 0.3) is 0 Å². The number of methoxy groups -OCH3 is 4. The normalized spacial score (nSPS) is 10.4. The van der Waals surface area contributed by atoms with Crippen molar-refractivity contribution in [3.63, 3.8) is 0 Å². The number of carboxylic acid groups (broad SMARTS) is 1. The maximum Gasteiger partial charge on any atom is 0.303 e. The fraction of sp³-hybridized carbons (Fsp3) is 0.280. The van der Waals surface area contributed by atoms with Gasteiger partial charge in [0.2, 0.25) is 17.6 Å². The number of ether oxygens (including phenoxy) is 4. The van der Waals surface area contributed by atoms with Crippen LogP contribution in [0.4, 0.5) is 5.69 Å². The molecule has 3 N–H and O–H groups in total. The molecule has 0 saturated carbocycles. The largest absolute Gasteiger partial charge is 0.495 e. The van der Waals surface area contributed by atoms with Crippen LogP contribution >= 0.6 is 0 Å². The van der Waals surface area contributed by atoms with Crippen molar-refractivity contribution in [3.05, 3.63) is 36.5 Å². The van der Waals surface area contributed by atoms with E-state index < -0.39 is 17.8 Å². The van der Waals surface area contributed by atoms with Gasteiger partial charge in [0, 0.05) is 17.5 Å². The van der Waals surface area contributed by atoms with E-state index in [0.29, 0.717) is 51.1 Å². The van der Waals surface area contributed by atoms with E-state index in [4.69, 9.17) is 28.6 Å². The third-order valence-electron chi connectivity index (χ3n) is 5.29. The van der Waals surface area contributed by atoms with E-state index in [9.17, 15) is 14.4 Å². The second kappa shape index (κ2) is 12.3. The summed E-state index contributed by atoms with van der Waals surface area (Å²) in [4.78, 5) is 34.7. The number of carboxylic acids is 1. The number of aromatic nitrogens is 1. The monoisotopic (exact) mass is 513 g/mol. The highest BCUT2D eigenvalue weighted by Crippen LogP contribution is 2.44. The van der Waals surface area contributed by atoms with Crippen molar-refractivity contribution in [1.82, 2.24) is 10.5 Å². The standard InChI is InChI=1S/C25H27N3O9/c1-33-18-6-5-14(9-17(18)28-22(30)13-26-21(29)7-8-23(31)32)16-12-27-37-24(16)15-10-19(34-2)25(36-4)20(11-15)35-3/h5-6,9-12H,7-8,13H2,1-4H3,(H,26,29)(H,28,30)(H,31,32). The van der Waals surface area contributed by atoms with Crippen molar-refractivity contribution >= 4 is 23.5 Å². The van der Waals surface area contributed by atoms with Crippen LogP contribution in [0.15, 0.2) is 41.1 Å². The Morgan fingerprint density at radius 1 is 0.865 bits per heavy atom. The van der Waals surface area contributed by atoms with Crippen molar-refractivity contribution < 1.29 is 43.0 Å². The van der Waals surface area contributed by atoms with Crippen molar-refractivity contribution in [1.29, 1.82) is 0 Å². The lowest BCUT2D eigenvalue weighted by molar-refractivity contribution is -0.138. The molecule has 3 rings (SSSR count). The topological polar surface area (TPSA) is 158 Å². The zero-order valence-corrected chi connectivity index (χ0v) is 20.7. The molecule has 2 aromatic carbocycles. The Bertz CT molecular complexity index is 1260. The fourth-order valence-corrected chi connectivity index (χ4v) is 3.52. The molecule has 0 aliphatic carbocycles. The summed E-state index contributed by atoms with van der Waals surface area (Å²) in [6.07, 6.45) is 0.990. The molecular weight excluding hydrogens is 486 g/mol. The lowest BCUT2D eigenvalue weighted by Gasteiger charge is -2.14.